The summed E-state index contributed by atoms with van der Waals surface area (Å²) in [4.78, 5) is 14.7. The standard InChI is InChI=1S/C25H29N3O3/c1-5-12-28(25(29)26-21-14-23(30-3)16-24(15-21)31-4)18-22-11-8-13-27(22)17-20-10-7-6-9-19(20)2/h5-11,13-16H,1,12,17-18H2,2-4H3,(H,26,29). The minimum Gasteiger partial charge on any atom is -0.497 e. The highest BCUT2D eigenvalue weighted by atomic mass is 16.5. The van der Waals surface area contributed by atoms with Crippen molar-refractivity contribution in [2.45, 2.75) is 20.0 Å². The number of benzene rings is 2. The van der Waals surface area contributed by atoms with Gasteiger partial charge in [-0.05, 0) is 30.2 Å². The molecule has 0 aliphatic rings. The molecule has 0 fully saturated rings. The third-order valence-electron chi connectivity index (χ3n) is 5.12. The largest absolute Gasteiger partial charge is 0.497 e. The molecule has 0 atom stereocenters. The number of aromatic nitrogens is 1. The van der Waals surface area contributed by atoms with E-state index >= 15 is 0 Å². The van der Waals surface area contributed by atoms with Gasteiger partial charge in [-0.25, -0.2) is 4.79 Å². The van der Waals surface area contributed by atoms with Crippen molar-refractivity contribution in [3.63, 3.8) is 0 Å². The Bertz CT molecular complexity index is 1020. The highest BCUT2D eigenvalue weighted by molar-refractivity contribution is 5.90. The van der Waals surface area contributed by atoms with Crippen LogP contribution in [-0.4, -0.2) is 36.3 Å². The molecule has 2 amide bonds. The molecule has 0 saturated carbocycles. The van der Waals surface area contributed by atoms with E-state index in [9.17, 15) is 4.79 Å². The topological polar surface area (TPSA) is 55.7 Å². The number of urea groups is 1. The summed E-state index contributed by atoms with van der Waals surface area (Å²) in [6.45, 7) is 7.55. The zero-order chi connectivity index (χ0) is 22.2. The second-order valence-electron chi connectivity index (χ2n) is 7.25. The van der Waals surface area contributed by atoms with Crippen LogP contribution in [0.25, 0.3) is 0 Å². The number of carbonyl (C=O) groups excluding carboxylic acids is 1. The second kappa shape index (κ2) is 10.4. The van der Waals surface area contributed by atoms with Gasteiger partial charge in [-0.1, -0.05) is 30.3 Å². The van der Waals surface area contributed by atoms with Gasteiger partial charge in [-0.3, -0.25) is 0 Å². The van der Waals surface area contributed by atoms with Crippen LogP contribution < -0.4 is 14.8 Å². The maximum Gasteiger partial charge on any atom is 0.322 e. The van der Waals surface area contributed by atoms with Crippen LogP contribution in [0.5, 0.6) is 11.5 Å². The summed E-state index contributed by atoms with van der Waals surface area (Å²) in [5.41, 5.74) is 4.15. The molecule has 3 aromatic rings. The quantitative estimate of drug-likeness (QED) is 0.492. The Morgan fingerprint density at radius 3 is 2.45 bits per heavy atom. The lowest BCUT2D eigenvalue weighted by molar-refractivity contribution is 0.214. The molecule has 0 unspecified atom stereocenters. The molecule has 1 N–H and O–H groups in total. The Morgan fingerprint density at radius 1 is 1.10 bits per heavy atom. The Labute approximate surface area is 183 Å². The summed E-state index contributed by atoms with van der Waals surface area (Å²) in [6.07, 6.45) is 3.76. The van der Waals surface area contributed by atoms with Gasteiger partial charge in [0.05, 0.1) is 20.8 Å². The molecule has 1 aromatic heterocycles. The number of carbonyl (C=O) groups is 1. The highest BCUT2D eigenvalue weighted by Crippen LogP contribution is 2.26. The summed E-state index contributed by atoms with van der Waals surface area (Å²) >= 11 is 0. The predicted molar refractivity (Wildman–Crippen MR) is 124 cm³/mol. The molecule has 2 aromatic carbocycles. The molecular weight excluding hydrogens is 390 g/mol. The smallest absolute Gasteiger partial charge is 0.322 e. The van der Waals surface area contributed by atoms with E-state index in [1.54, 1.807) is 43.4 Å². The lowest BCUT2D eigenvalue weighted by Crippen LogP contribution is -2.35. The number of anilines is 1. The van der Waals surface area contributed by atoms with E-state index in [1.165, 1.54) is 11.1 Å². The van der Waals surface area contributed by atoms with Crippen LogP contribution >= 0.6 is 0 Å². The first kappa shape index (κ1) is 22.0. The number of nitrogens with one attached hydrogen (secondary N) is 1. The first-order valence-electron chi connectivity index (χ1n) is 10.1. The minimum atomic E-state index is -0.223. The predicted octanol–water partition coefficient (Wildman–Crippen LogP) is 5.08. The molecule has 162 valence electrons. The summed E-state index contributed by atoms with van der Waals surface area (Å²) in [6, 6.07) is 17.4. The van der Waals surface area contributed by atoms with Crippen LogP contribution in [0.3, 0.4) is 0 Å². The molecule has 3 rings (SSSR count). The van der Waals surface area contributed by atoms with Crippen molar-refractivity contribution in [2.75, 3.05) is 26.1 Å². The maximum atomic E-state index is 13.0. The Balaban J connectivity index is 1.76. The summed E-state index contributed by atoms with van der Waals surface area (Å²) < 4.78 is 12.7. The Hall–Kier alpha value is -3.67. The highest BCUT2D eigenvalue weighted by Gasteiger charge is 2.16. The van der Waals surface area contributed by atoms with Crippen LogP contribution in [-0.2, 0) is 13.1 Å². The van der Waals surface area contributed by atoms with Crippen molar-refractivity contribution in [2.24, 2.45) is 0 Å². The first-order chi connectivity index (χ1) is 15.0. The number of hydrogen-bond donors (Lipinski definition) is 1. The number of hydrogen-bond acceptors (Lipinski definition) is 3. The number of ether oxygens (including phenoxy) is 2. The van der Waals surface area contributed by atoms with E-state index in [2.05, 4.69) is 35.5 Å². The lowest BCUT2D eigenvalue weighted by Gasteiger charge is -2.23. The molecule has 0 bridgehead atoms. The molecule has 0 radical (unpaired) electrons. The fourth-order valence-corrected chi connectivity index (χ4v) is 3.37. The fraction of sp³-hybridized carbons (Fsp3) is 0.240. The van der Waals surface area contributed by atoms with Gasteiger partial charge in [0.15, 0.2) is 0 Å². The van der Waals surface area contributed by atoms with Crippen LogP contribution in [0.1, 0.15) is 16.8 Å². The van der Waals surface area contributed by atoms with Crippen molar-refractivity contribution >= 4 is 11.7 Å². The molecule has 0 saturated heterocycles. The summed E-state index contributed by atoms with van der Waals surface area (Å²) in [5, 5.41) is 2.94. The van der Waals surface area contributed by atoms with Gasteiger partial charge in [0, 0.05) is 48.9 Å². The maximum absolute atomic E-state index is 13.0. The molecular formula is C25H29N3O3. The van der Waals surface area contributed by atoms with E-state index < -0.39 is 0 Å². The van der Waals surface area contributed by atoms with Gasteiger partial charge in [0.1, 0.15) is 11.5 Å². The van der Waals surface area contributed by atoms with E-state index in [-0.39, 0.29) is 6.03 Å². The minimum absolute atomic E-state index is 0.223. The van der Waals surface area contributed by atoms with Gasteiger partial charge in [0.25, 0.3) is 0 Å². The normalized spacial score (nSPS) is 10.4. The number of amides is 2. The van der Waals surface area contributed by atoms with Gasteiger partial charge in [-0.2, -0.15) is 0 Å². The van der Waals surface area contributed by atoms with Crippen LogP contribution in [0.2, 0.25) is 0 Å². The second-order valence-corrected chi connectivity index (χ2v) is 7.25. The number of rotatable bonds is 9. The van der Waals surface area contributed by atoms with Gasteiger partial charge >= 0.3 is 6.03 Å². The molecule has 1 heterocycles. The Kier molecular flexibility index (Phi) is 7.38. The molecule has 0 spiro atoms. The van der Waals surface area contributed by atoms with Crippen molar-refractivity contribution in [1.82, 2.24) is 9.47 Å². The summed E-state index contributed by atoms with van der Waals surface area (Å²) in [7, 11) is 3.15. The van der Waals surface area contributed by atoms with Gasteiger partial charge < -0.3 is 24.3 Å². The zero-order valence-corrected chi connectivity index (χ0v) is 18.3. The number of methoxy groups -OCH3 is 2. The average Bonchev–Trinajstić information content (AvgIpc) is 3.21. The molecule has 6 nitrogen and oxygen atoms in total. The molecule has 6 heteroatoms. The lowest BCUT2D eigenvalue weighted by atomic mass is 10.1. The average molecular weight is 420 g/mol. The molecule has 0 aliphatic heterocycles. The van der Waals surface area contributed by atoms with Crippen molar-refractivity contribution in [1.29, 1.82) is 0 Å². The zero-order valence-electron chi connectivity index (χ0n) is 18.3. The summed E-state index contributed by atoms with van der Waals surface area (Å²) in [5.74, 6) is 1.22. The number of nitrogens with zero attached hydrogens (tertiary/aromatic N) is 2. The van der Waals surface area contributed by atoms with Crippen molar-refractivity contribution in [3.05, 3.63) is 90.3 Å². The van der Waals surface area contributed by atoms with E-state index in [1.807, 2.05) is 30.5 Å². The third kappa shape index (κ3) is 5.69. The SMILES string of the molecule is C=CCN(Cc1cccn1Cc1ccccc1C)C(=O)Nc1cc(OC)cc(OC)c1. The third-order valence-corrected chi connectivity index (χ3v) is 5.12. The van der Waals surface area contributed by atoms with E-state index in [0.717, 1.165) is 12.2 Å². The van der Waals surface area contributed by atoms with Crippen LogP contribution in [0, 0.1) is 6.92 Å². The first-order valence-corrected chi connectivity index (χ1v) is 10.1. The fourth-order valence-electron chi connectivity index (χ4n) is 3.37. The van der Waals surface area contributed by atoms with Crippen LogP contribution in [0.15, 0.2) is 73.4 Å². The van der Waals surface area contributed by atoms with Crippen molar-refractivity contribution < 1.29 is 14.3 Å². The van der Waals surface area contributed by atoms with Crippen molar-refractivity contribution in [3.8, 4) is 11.5 Å². The molecule has 0 aliphatic carbocycles. The van der Waals surface area contributed by atoms with Gasteiger partial charge in [0.2, 0.25) is 0 Å². The van der Waals surface area contributed by atoms with Gasteiger partial charge in [-0.15, -0.1) is 6.58 Å². The number of aryl methyl sites for hydroxylation is 1. The Morgan fingerprint density at radius 2 is 1.81 bits per heavy atom. The van der Waals surface area contributed by atoms with E-state index in [4.69, 9.17) is 9.47 Å². The van der Waals surface area contributed by atoms with Crippen LogP contribution in [0.4, 0.5) is 10.5 Å². The van der Waals surface area contributed by atoms with E-state index in [0.29, 0.717) is 30.3 Å². The molecule has 31 heavy (non-hydrogen) atoms. The monoisotopic (exact) mass is 419 g/mol.